The third kappa shape index (κ3) is 3.15. The Labute approximate surface area is 118 Å². The van der Waals surface area contributed by atoms with Crippen LogP contribution in [0.15, 0.2) is 18.2 Å². The van der Waals surface area contributed by atoms with Gasteiger partial charge in [-0.05, 0) is 18.6 Å². The lowest BCUT2D eigenvalue weighted by atomic mass is 10.2. The van der Waals surface area contributed by atoms with Gasteiger partial charge < -0.3 is 4.74 Å². The van der Waals surface area contributed by atoms with E-state index < -0.39 is 20.0 Å². The van der Waals surface area contributed by atoms with Crippen molar-refractivity contribution in [2.45, 2.75) is 6.42 Å². The fourth-order valence-electron chi connectivity index (χ4n) is 2.05. The molecule has 0 unspecified atom stereocenters. The molecule has 0 saturated carbocycles. The molecule has 20 heavy (non-hydrogen) atoms. The van der Waals surface area contributed by atoms with Crippen LogP contribution in [0.4, 0.5) is 11.4 Å². The van der Waals surface area contributed by atoms with Gasteiger partial charge >= 0.3 is 0 Å². The second kappa shape index (κ2) is 5.13. The lowest BCUT2D eigenvalue weighted by Crippen LogP contribution is -2.25. The van der Waals surface area contributed by atoms with Crippen LogP contribution >= 0.6 is 0 Å². The van der Waals surface area contributed by atoms with E-state index in [-0.39, 0.29) is 17.2 Å². The summed E-state index contributed by atoms with van der Waals surface area (Å²) in [6, 6.07) is 4.55. The molecule has 7 nitrogen and oxygen atoms in total. The molecule has 1 aliphatic rings. The van der Waals surface area contributed by atoms with Crippen molar-refractivity contribution in [3.63, 3.8) is 0 Å². The number of methoxy groups -OCH3 is 1. The minimum atomic E-state index is -3.43. The van der Waals surface area contributed by atoms with E-state index in [1.807, 2.05) is 0 Å². The van der Waals surface area contributed by atoms with E-state index in [9.17, 15) is 16.8 Å². The molecule has 2 rings (SSSR count). The summed E-state index contributed by atoms with van der Waals surface area (Å²) in [5, 5.41) is 0. The summed E-state index contributed by atoms with van der Waals surface area (Å²) in [4.78, 5) is 0. The van der Waals surface area contributed by atoms with Gasteiger partial charge in [-0.1, -0.05) is 0 Å². The predicted molar refractivity (Wildman–Crippen MR) is 77.2 cm³/mol. The molecule has 1 aromatic rings. The number of anilines is 2. The first kappa shape index (κ1) is 14.9. The van der Waals surface area contributed by atoms with Crippen molar-refractivity contribution >= 4 is 31.4 Å². The van der Waals surface area contributed by atoms with E-state index in [4.69, 9.17) is 4.74 Å². The quantitative estimate of drug-likeness (QED) is 0.877. The zero-order valence-corrected chi connectivity index (χ0v) is 12.8. The molecule has 0 aliphatic carbocycles. The first-order valence-electron chi connectivity index (χ1n) is 5.89. The predicted octanol–water partition coefficient (Wildman–Crippen LogP) is 0.607. The number of hydrogen-bond acceptors (Lipinski definition) is 5. The molecule has 0 bridgehead atoms. The lowest BCUT2D eigenvalue weighted by molar-refractivity contribution is 0.417. The maximum Gasteiger partial charge on any atom is 0.235 e. The first-order chi connectivity index (χ1) is 9.23. The Bertz CT molecular complexity index is 712. The minimum absolute atomic E-state index is 0.124. The smallest absolute Gasteiger partial charge is 0.235 e. The van der Waals surface area contributed by atoms with Crippen LogP contribution in [0.25, 0.3) is 0 Å². The van der Waals surface area contributed by atoms with Gasteiger partial charge in [0.1, 0.15) is 5.75 Å². The fraction of sp³-hybridized carbons (Fsp3) is 0.455. The number of hydrogen-bond donors (Lipinski definition) is 1. The molecule has 1 heterocycles. The third-order valence-electron chi connectivity index (χ3n) is 2.87. The summed E-state index contributed by atoms with van der Waals surface area (Å²) in [7, 11) is -5.31. The average Bonchev–Trinajstić information content (AvgIpc) is 2.67. The Morgan fingerprint density at radius 1 is 1.35 bits per heavy atom. The summed E-state index contributed by atoms with van der Waals surface area (Å²) >= 11 is 0. The number of nitrogens with zero attached hydrogens (tertiary/aromatic N) is 1. The first-order valence-corrected chi connectivity index (χ1v) is 9.39. The van der Waals surface area contributed by atoms with E-state index >= 15 is 0 Å². The van der Waals surface area contributed by atoms with Gasteiger partial charge in [-0.15, -0.1) is 0 Å². The van der Waals surface area contributed by atoms with Crippen LogP contribution in [0.5, 0.6) is 5.75 Å². The van der Waals surface area contributed by atoms with Crippen LogP contribution in [0, 0.1) is 0 Å². The number of ether oxygens (including phenoxy) is 1. The standard InChI is InChI=1S/C11H16N2O5S2/c1-18-11-8-9(13-6-3-7-20(13,16)17)4-5-10(11)12-19(2,14)15/h4-5,8,12H,3,6-7H2,1-2H3. The van der Waals surface area contributed by atoms with E-state index in [0.717, 1.165) is 6.26 Å². The number of nitrogens with one attached hydrogen (secondary N) is 1. The highest BCUT2D eigenvalue weighted by Crippen LogP contribution is 2.33. The van der Waals surface area contributed by atoms with Crippen molar-refractivity contribution in [3.8, 4) is 5.75 Å². The maximum atomic E-state index is 11.8. The molecule has 1 aromatic carbocycles. The second-order valence-corrected chi connectivity index (χ2v) is 8.26. The summed E-state index contributed by atoms with van der Waals surface area (Å²) in [6.45, 7) is 0.421. The SMILES string of the molecule is COc1cc(N2CCCS2(=O)=O)ccc1NS(C)(=O)=O. The number of rotatable bonds is 4. The molecule has 0 spiro atoms. The molecule has 112 valence electrons. The van der Waals surface area contributed by atoms with E-state index in [1.54, 1.807) is 6.07 Å². The Balaban J connectivity index is 2.40. The Kier molecular flexibility index (Phi) is 3.83. The van der Waals surface area contributed by atoms with Crippen molar-refractivity contribution in [2.75, 3.05) is 34.7 Å². The van der Waals surface area contributed by atoms with Crippen molar-refractivity contribution in [3.05, 3.63) is 18.2 Å². The van der Waals surface area contributed by atoms with Crippen molar-refractivity contribution in [1.82, 2.24) is 0 Å². The summed E-state index contributed by atoms with van der Waals surface area (Å²) in [5.74, 6) is 0.397. The topological polar surface area (TPSA) is 92.8 Å². The average molecular weight is 320 g/mol. The van der Waals surface area contributed by atoms with Crippen molar-refractivity contribution in [2.24, 2.45) is 0 Å². The molecule has 0 aromatic heterocycles. The van der Waals surface area contributed by atoms with Crippen molar-refractivity contribution in [1.29, 1.82) is 0 Å². The van der Waals surface area contributed by atoms with E-state index in [2.05, 4.69) is 4.72 Å². The van der Waals surface area contributed by atoms with Gasteiger partial charge in [0, 0.05) is 12.6 Å². The highest BCUT2D eigenvalue weighted by Gasteiger charge is 2.29. The van der Waals surface area contributed by atoms with Gasteiger partial charge in [-0.25, -0.2) is 16.8 Å². The van der Waals surface area contributed by atoms with Gasteiger partial charge in [0.2, 0.25) is 20.0 Å². The Morgan fingerprint density at radius 3 is 2.55 bits per heavy atom. The molecular formula is C11H16N2O5S2. The van der Waals surface area contributed by atoms with Crippen molar-refractivity contribution < 1.29 is 21.6 Å². The Hall–Kier alpha value is -1.48. The molecule has 9 heteroatoms. The third-order valence-corrected chi connectivity index (χ3v) is 5.33. The lowest BCUT2D eigenvalue weighted by Gasteiger charge is -2.19. The minimum Gasteiger partial charge on any atom is -0.494 e. The zero-order chi connectivity index (χ0) is 15.0. The molecule has 1 N–H and O–H groups in total. The molecular weight excluding hydrogens is 304 g/mol. The molecule has 0 radical (unpaired) electrons. The van der Waals surface area contributed by atoms with Gasteiger partial charge in [0.05, 0.1) is 30.5 Å². The van der Waals surface area contributed by atoms with Crippen LogP contribution in [-0.2, 0) is 20.0 Å². The summed E-state index contributed by atoms with van der Waals surface area (Å²) in [6.07, 6.45) is 1.61. The zero-order valence-electron chi connectivity index (χ0n) is 11.2. The summed E-state index contributed by atoms with van der Waals surface area (Å²) in [5.41, 5.74) is 0.744. The van der Waals surface area contributed by atoms with Gasteiger partial charge in [0.25, 0.3) is 0 Å². The number of benzene rings is 1. The van der Waals surface area contributed by atoms with Crippen LogP contribution in [0.2, 0.25) is 0 Å². The monoisotopic (exact) mass is 320 g/mol. The van der Waals surface area contributed by atoms with E-state index in [1.165, 1.54) is 23.5 Å². The van der Waals surface area contributed by atoms with Gasteiger partial charge in [0.15, 0.2) is 0 Å². The van der Waals surface area contributed by atoms with Crippen LogP contribution in [-0.4, -0.2) is 42.5 Å². The highest BCUT2D eigenvalue weighted by molar-refractivity contribution is 7.93. The largest absolute Gasteiger partial charge is 0.494 e. The normalized spacial score (nSPS) is 18.0. The molecule has 0 atom stereocenters. The fourth-order valence-corrected chi connectivity index (χ4v) is 4.17. The summed E-state index contributed by atoms with van der Waals surface area (Å²) < 4.78 is 54.9. The maximum absolute atomic E-state index is 11.8. The van der Waals surface area contributed by atoms with Crippen LogP contribution in [0.3, 0.4) is 0 Å². The highest BCUT2D eigenvalue weighted by atomic mass is 32.2. The van der Waals surface area contributed by atoms with Crippen LogP contribution < -0.4 is 13.8 Å². The van der Waals surface area contributed by atoms with E-state index in [0.29, 0.717) is 18.7 Å². The van der Waals surface area contributed by atoms with Gasteiger partial charge in [-0.2, -0.15) is 0 Å². The number of sulfonamides is 2. The molecule has 1 saturated heterocycles. The molecule has 1 fully saturated rings. The van der Waals surface area contributed by atoms with Gasteiger partial charge in [-0.3, -0.25) is 9.03 Å². The van der Waals surface area contributed by atoms with Crippen LogP contribution in [0.1, 0.15) is 6.42 Å². The molecule has 1 aliphatic heterocycles. The second-order valence-electron chi connectivity index (χ2n) is 4.50. The Morgan fingerprint density at radius 2 is 2.05 bits per heavy atom. The molecule has 0 amide bonds.